The first-order valence-electron chi connectivity index (χ1n) is 5.26. The van der Waals surface area contributed by atoms with Crippen LogP contribution in [0.5, 0.6) is 5.75 Å². The van der Waals surface area contributed by atoms with Gasteiger partial charge in [-0.3, -0.25) is 0 Å². The normalized spacial score (nSPS) is 10.2. The van der Waals surface area contributed by atoms with Crippen LogP contribution >= 0.6 is 11.6 Å². The first-order valence-corrected chi connectivity index (χ1v) is 5.63. The zero-order valence-corrected chi connectivity index (χ0v) is 10.5. The molecule has 18 heavy (non-hydrogen) atoms. The third-order valence-electron chi connectivity index (χ3n) is 2.46. The second kappa shape index (κ2) is 5.14. The van der Waals surface area contributed by atoms with Crippen LogP contribution in [0.3, 0.4) is 0 Å². The van der Waals surface area contributed by atoms with E-state index in [0.29, 0.717) is 27.8 Å². The Kier molecular flexibility index (Phi) is 3.58. The molecular formula is C13H12ClFN2O. The molecular weight excluding hydrogens is 255 g/mol. The summed E-state index contributed by atoms with van der Waals surface area (Å²) >= 11 is 6.05. The van der Waals surface area contributed by atoms with Crippen LogP contribution in [0.1, 0.15) is 0 Å². The predicted octanol–water partition coefficient (Wildman–Crippen LogP) is 3.81. The number of anilines is 3. The van der Waals surface area contributed by atoms with Crippen molar-refractivity contribution in [2.45, 2.75) is 0 Å². The molecule has 0 saturated heterocycles. The zero-order chi connectivity index (χ0) is 13.1. The lowest BCUT2D eigenvalue weighted by atomic mass is 10.2. The van der Waals surface area contributed by atoms with Crippen molar-refractivity contribution in [3.05, 3.63) is 47.2 Å². The number of nitrogen functional groups attached to an aromatic ring is 1. The maximum Gasteiger partial charge on any atom is 0.125 e. The van der Waals surface area contributed by atoms with E-state index in [2.05, 4.69) is 5.32 Å². The standard InChI is InChI=1S/C13H12ClFN2O/c1-18-9-3-4-10(14)13(7-9)17-12-5-2-8(15)6-11(12)16/h2-7,17H,16H2,1H3. The molecule has 2 aromatic rings. The van der Waals surface area contributed by atoms with Gasteiger partial charge in [0.15, 0.2) is 0 Å². The van der Waals surface area contributed by atoms with Gasteiger partial charge in [-0.2, -0.15) is 0 Å². The van der Waals surface area contributed by atoms with Crippen molar-refractivity contribution in [1.29, 1.82) is 0 Å². The lowest BCUT2D eigenvalue weighted by Gasteiger charge is -2.12. The van der Waals surface area contributed by atoms with E-state index in [1.807, 2.05) is 0 Å². The number of hydrogen-bond donors (Lipinski definition) is 2. The van der Waals surface area contributed by atoms with Gasteiger partial charge in [0.2, 0.25) is 0 Å². The summed E-state index contributed by atoms with van der Waals surface area (Å²) in [7, 11) is 1.57. The molecule has 0 spiro atoms. The molecule has 5 heteroatoms. The van der Waals surface area contributed by atoms with Crippen LogP contribution in [-0.2, 0) is 0 Å². The highest BCUT2D eigenvalue weighted by molar-refractivity contribution is 6.33. The fourth-order valence-corrected chi connectivity index (χ4v) is 1.68. The first-order chi connectivity index (χ1) is 8.60. The molecule has 0 heterocycles. The molecule has 2 rings (SSSR count). The molecule has 3 N–H and O–H groups in total. The van der Waals surface area contributed by atoms with Crippen LogP contribution in [0.4, 0.5) is 21.5 Å². The molecule has 0 unspecified atom stereocenters. The van der Waals surface area contributed by atoms with Gasteiger partial charge in [-0.05, 0) is 30.3 Å². The molecule has 0 amide bonds. The lowest BCUT2D eigenvalue weighted by molar-refractivity contribution is 0.415. The Morgan fingerprint density at radius 3 is 2.61 bits per heavy atom. The Hall–Kier alpha value is -1.94. The van der Waals surface area contributed by atoms with E-state index in [-0.39, 0.29) is 5.82 Å². The second-order valence-electron chi connectivity index (χ2n) is 3.70. The van der Waals surface area contributed by atoms with Gasteiger partial charge in [-0.1, -0.05) is 11.6 Å². The Labute approximate surface area is 109 Å². The lowest BCUT2D eigenvalue weighted by Crippen LogP contribution is -1.98. The number of nitrogens with two attached hydrogens (primary N) is 1. The van der Waals surface area contributed by atoms with Gasteiger partial charge < -0.3 is 15.8 Å². The average Bonchev–Trinajstić information content (AvgIpc) is 2.35. The van der Waals surface area contributed by atoms with Crippen molar-refractivity contribution in [3.63, 3.8) is 0 Å². The maximum absolute atomic E-state index is 12.9. The summed E-state index contributed by atoms with van der Waals surface area (Å²) in [5.74, 6) is 0.289. The number of hydrogen-bond acceptors (Lipinski definition) is 3. The number of nitrogens with one attached hydrogen (secondary N) is 1. The van der Waals surface area contributed by atoms with Crippen LogP contribution in [0.25, 0.3) is 0 Å². The van der Waals surface area contributed by atoms with Gasteiger partial charge in [-0.15, -0.1) is 0 Å². The molecule has 0 radical (unpaired) electrons. The third kappa shape index (κ3) is 2.65. The minimum atomic E-state index is -0.380. The average molecular weight is 267 g/mol. The molecule has 0 atom stereocenters. The predicted molar refractivity (Wildman–Crippen MR) is 72.1 cm³/mol. The molecule has 94 valence electrons. The maximum atomic E-state index is 12.9. The molecule has 0 saturated carbocycles. The summed E-state index contributed by atoms with van der Waals surface area (Å²) in [6.07, 6.45) is 0. The second-order valence-corrected chi connectivity index (χ2v) is 4.11. The highest BCUT2D eigenvalue weighted by atomic mass is 35.5. The number of ether oxygens (including phenoxy) is 1. The molecule has 2 aromatic carbocycles. The van der Waals surface area contributed by atoms with Crippen molar-refractivity contribution in [2.75, 3.05) is 18.2 Å². The smallest absolute Gasteiger partial charge is 0.125 e. The summed E-state index contributed by atoms with van der Waals surface area (Å²) in [4.78, 5) is 0. The first kappa shape index (κ1) is 12.5. The summed E-state index contributed by atoms with van der Waals surface area (Å²) in [6, 6.07) is 9.33. The highest BCUT2D eigenvalue weighted by Crippen LogP contribution is 2.31. The third-order valence-corrected chi connectivity index (χ3v) is 2.79. The van der Waals surface area contributed by atoms with Gasteiger partial charge >= 0.3 is 0 Å². The Morgan fingerprint density at radius 2 is 1.94 bits per heavy atom. The topological polar surface area (TPSA) is 47.3 Å². The van der Waals surface area contributed by atoms with E-state index in [4.69, 9.17) is 22.1 Å². The van der Waals surface area contributed by atoms with Crippen LogP contribution in [0.2, 0.25) is 5.02 Å². The van der Waals surface area contributed by atoms with Crippen molar-refractivity contribution in [2.24, 2.45) is 0 Å². The largest absolute Gasteiger partial charge is 0.497 e. The minimum Gasteiger partial charge on any atom is -0.497 e. The monoisotopic (exact) mass is 266 g/mol. The fraction of sp³-hybridized carbons (Fsp3) is 0.0769. The van der Waals surface area contributed by atoms with E-state index in [9.17, 15) is 4.39 Å². The van der Waals surface area contributed by atoms with E-state index in [1.54, 1.807) is 31.4 Å². The van der Waals surface area contributed by atoms with E-state index in [1.165, 1.54) is 12.1 Å². The van der Waals surface area contributed by atoms with Gasteiger partial charge in [0.05, 0.1) is 29.2 Å². The quantitative estimate of drug-likeness (QED) is 0.831. The molecule has 0 fully saturated rings. The fourth-order valence-electron chi connectivity index (χ4n) is 1.52. The summed E-state index contributed by atoms with van der Waals surface area (Å²) in [6.45, 7) is 0. The Morgan fingerprint density at radius 1 is 1.17 bits per heavy atom. The van der Waals surface area contributed by atoms with E-state index >= 15 is 0 Å². The van der Waals surface area contributed by atoms with Crippen molar-refractivity contribution >= 4 is 28.7 Å². The van der Waals surface area contributed by atoms with Crippen LogP contribution < -0.4 is 15.8 Å². The van der Waals surface area contributed by atoms with E-state index < -0.39 is 0 Å². The van der Waals surface area contributed by atoms with Crippen LogP contribution in [0.15, 0.2) is 36.4 Å². The van der Waals surface area contributed by atoms with Crippen LogP contribution in [-0.4, -0.2) is 7.11 Å². The number of rotatable bonds is 3. The van der Waals surface area contributed by atoms with Gasteiger partial charge in [0.1, 0.15) is 11.6 Å². The number of benzene rings is 2. The SMILES string of the molecule is COc1ccc(Cl)c(Nc2ccc(F)cc2N)c1. The van der Waals surface area contributed by atoms with Gasteiger partial charge in [-0.25, -0.2) is 4.39 Å². The molecule has 3 nitrogen and oxygen atoms in total. The zero-order valence-electron chi connectivity index (χ0n) is 9.71. The number of methoxy groups -OCH3 is 1. The Bertz CT molecular complexity index is 575. The van der Waals surface area contributed by atoms with Gasteiger partial charge in [0.25, 0.3) is 0 Å². The summed E-state index contributed by atoms with van der Waals surface area (Å²) in [5, 5.41) is 3.57. The van der Waals surface area contributed by atoms with Gasteiger partial charge in [0, 0.05) is 6.07 Å². The molecule has 0 aliphatic heterocycles. The highest BCUT2D eigenvalue weighted by Gasteiger charge is 2.06. The summed E-state index contributed by atoms with van der Waals surface area (Å²) in [5.41, 5.74) is 7.26. The van der Waals surface area contributed by atoms with Crippen molar-refractivity contribution in [3.8, 4) is 5.75 Å². The van der Waals surface area contributed by atoms with Crippen molar-refractivity contribution in [1.82, 2.24) is 0 Å². The summed E-state index contributed by atoms with van der Waals surface area (Å²) < 4.78 is 18.0. The molecule has 0 aliphatic carbocycles. The number of halogens is 2. The van der Waals surface area contributed by atoms with Crippen molar-refractivity contribution < 1.29 is 9.13 Å². The molecule has 0 aromatic heterocycles. The van der Waals surface area contributed by atoms with E-state index in [0.717, 1.165) is 0 Å². The molecule has 0 bridgehead atoms. The minimum absolute atomic E-state index is 0.314. The Balaban J connectivity index is 2.33. The van der Waals surface area contributed by atoms with Crippen LogP contribution in [0, 0.1) is 5.82 Å². The molecule has 0 aliphatic rings.